The minimum atomic E-state index is -4.46. The van der Waals surface area contributed by atoms with Crippen molar-refractivity contribution >= 4 is 23.5 Å². The molecular weight excluding hydrogens is 378 g/mol. The van der Waals surface area contributed by atoms with Gasteiger partial charge in [-0.2, -0.15) is 13.2 Å². The van der Waals surface area contributed by atoms with Crippen molar-refractivity contribution in [3.05, 3.63) is 60.3 Å². The number of nitrogens with zero attached hydrogens (tertiary/aromatic N) is 1. The average Bonchev–Trinajstić information content (AvgIpc) is 2.87. The maximum absolute atomic E-state index is 13.4. The smallest absolute Gasteiger partial charge is 0.399 e. The number of halogens is 3. The van der Waals surface area contributed by atoms with E-state index in [0.717, 1.165) is 17.1 Å². The Morgan fingerprint density at radius 2 is 1.55 bits per heavy atom. The van der Waals surface area contributed by atoms with Crippen LogP contribution in [0.2, 0.25) is 0 Å². The maximum Gasteiger partial charge on any atom is 0.494 e. The molecule has 0 aliphatic carbocycles. The summed E-state index contributed by atoms with van der Waals surface area (Å²) in [5.41, 5.74) is 0.538. The first-order chi connectivity index (χ1) is 13.5. The Balaban J connectivity index is 1.80. The molecule has 1 aliphatic rings. The number of alkyl halides is 3. The molecule has 1 saturated heterocycles. The van der Waals surface area contributed by atoms with Crippen molar-refractivity contribution in [3.63, 3.8) is 0 Å². The third kappa shape index (κ3) is 3.42. The van der Waals surface area contributed by atoms with Crippen molar-refractivity contribution in [2.24, 2.45) is 0 Å². The Morgan fingerprint density at radius 1 is 0.897 bits per heavy atom. The van der Waals surface area contributed by atoms with Gasteiger partial charge in [0.15, 0.2) is 0 Å². The SMILES string of the molecule is CC1(C)OB(c2cccc(-c3ccnc4c(C(F)(F)F)cccc34)c2)OC1(C)C. The summed E-state index contributed by atoms with van der Waals surface area (Å²) in [7, 11) is -0.543. The molecule has 3 aromatic rings. The average molecular weight is 399 g/mol. The van der Waals surface area contributed by atoms with E-state index in [2.05, 4.69) is 4.98 Å². The maximum atomic E-state index is 13.4. The second-order valence-corrected chi connectivity index (χ2v) is 8.27. The third-order valence-corrected chi connectivity index (χ3v) is 5.80. The van der Waals surface area contributed by atoms with Gasteiger partial charge in [0.05, 0.1) is 22.3 Å². The largest absolute Gasteiger partial charge is 0.494 e. The highest BCUT2D eigenvalue weighted by molar-refractivity contribution is 6.62. The van der Waals surface area contributed by atoms with Gasteiger partial charge in [0, 0.05) is 11.6 Å². The highest BCUT2D eigenvalue weighted by Gasteiger charge is 2.51. The fraction of sp³-hybridized carbons (Fsp3) is 0.318. The standard InChI is InChI=1S/C22H21BF3NO2/c1-20(2)21(3,4)29-23(28-20)15-8-5-7-14(13-15)16-11-12-27-19-17(16)9-6-10-18(19)22(24,25)26/h5-13H,1-4H3. The van der Waals surface area contributed by atoms with Gasteiger partial charge in [-0.15, -0.1) is 0 Å². The molecule has 0 atom stereocenters. The van der Waals surface area contributed by atoms with Crippen LogP contribution < -0.4 is 5.46 Å². The summed E-state index contributed by atoms with van der Waals surface area (Å²) >= 11 is 0. The van der Waals surface area contributed by atoms with Crippen LogP contribution in [0.1, 0.15) is 33.3 Å². The summed E-state index contributed by atoms with van der Waals surface area (Å²) in [4.78, 5) is 4.00. The van der Waals surface area contributed by atoms with E-state index in [9.17, 15) is 13.2 Å². The second-order valence-electron chi connectivity index (χ2n) is 8.27. The highest BCUT2D eigenvalue weighted by atomic mass is 19.4. The quantitative estimate of drug-likeness (QED) is 0.554. The second kappa shape index (κ2) is 6.57. The fourth-order valence-electron chi connectivity index (χ4n) is 3.49. The number of fused-ring (bicyclic) bond motifs is 1. The van der Waals surface area contributed by atoms with E-state index < -0.39 is 30.1 Å². The molecule has 0 unspecified atom stereocenters. The molecule has 2 heterocycles. The summed E-state index contributed by atoms with van der Waals surface area (Å²) in [6.07, 6.45) is -3.05. The van der Waals surface area contributed by atoms with Crippen LogP contribution in [0.5, 0.6) is 0 Å². The lowest BCUT2D eigenvalue weighted by Gasteiger charge is -2.32. The number of aromatic nitrogens is 1. The molecule has 3 nitrogen and oxygen atoms in total. The van der Waals surface area contributed by atoms with Crippen molar-refractivity contribution in [1.29, 1.82) is 0 Å². The van der Waals surface area contributed by atoms with E-state index in [1.807, 2.05) is 52.0 Å². The predicted octanol–water partition coefficient (Wildman–Crippen LogP) is 5.22. The molecule has 0 radical (unpaired) electrons. The van der Waals surface area contributed by atoms with Crippen LogP contribution in [0.25, 0.3) is 22.0 Å². The normalized spacial score (nSPS) is 18.4. The minimum absolute atomic E-state index is 0.0569. The molecule has 1 aliphatic heterocycles. The molecule has 1 aromatic heterocycles. The predicted molar refractivity (Wildman–Crippen MR) is 108 cm³/mol. The molecule has 0 saturated carbocycles. The number of para-hydroxylation sites is 1. The number of rotatable bonds is 2. The van der Waals surface area contributed by atoms with E-state index in [0.29, 0.717) is 10.9 Å². The van der Waals surface area contributed by atoms with Crippen molar-refractivity contribution in [2.75, 3.05) is 0 Å². The summed E-state index contributed by atoms with van der Waals surface area (Å²) in [5.74, 6) is 0. The molecule has 4 rings (SSSR count). The lowest BCUT2D eigenvalue weighted by Crippen LogP contribution is -2.41. The third-order valence-electron chi connectivity index (χ3n) is 5.80. The van der Waals surface area contributed by atoms with E-state index in [-0.39, 0.29) is 5.52 Å². The molecule has 2 aromatic carbocycles. The summed E-state index contributed by atoms with van der Waals surface area (Å²) < 4.78 is 52.4. The van der Waals surface area contributed by atoms with Gasteiger partial charge in [-0.25, -0.2) is 0 Å². The number of pyridine rings is 1. The van der Waals surface area contributed by atoms with Gasteiger partial charge in [-0.05, 0) is 56.4 Å². The topological polar surface area (TPSA) is 31.4 Å². The van der Waals surface area contributed by atoms with Crippen molar-refractivity contribution in [2.45, 2.75) is 45.1 Å². The lowest BCUT2D eigenvalue weighted by molar-refractivity contribution is -0.136. The van der Waals surface area contributed by atoms with Crippen molar-refractivity contribution in [1.82, 2.24) is 4.98 Å². The minimum Gasteiger partial charge on any atom is -0.399 e. The number of hydrogen-bond donors (Lipinski definition) is 0. The van der Waals surface area contributed by atoms with Crippen LogP contribution in [-0.4, -0.2) is 23.3 Å². The molecule has 7 heteroatoms. The van der Waals surface area contributed by atoms with Gasteiger partial charge in [0.2, 0.25) is 0 Å². The molecular formula is C22H21BF3NO2. The van der Waals surface area contributed by atoms with Gasteiger partial charge < -0.3 is 9.31 Å². The molecule has 29 heavy (non-hydrogen) atoms. The first kappa shape index (κ1) is 19.9. The zero-order valence-corrected chi connectivity index (χ0v) is 16.7. The van der Waals surface area contributed by atoms with E-state index in [1.54, 1.807) is 12.1 Å². The first-order valence-corrected chi connectivity index (χ1v) is 9.40. The molecule has 1 fully saturated rings. The van der Waals surface area contributed by atoms with Crippen LogP contribution in [-0.2, 0) is 15.5 Å². The van der Waals surface area contributed by atoms with E-state index in [1.165, 1.54) is 12.3 Å². The van der Waals surface area contributed by atoms with Crippen molar-refractivity contribution in [3.8, 4) is 11.1 Å². The van der Waals surface area contributed by atoms with Gasteiger partial charge >= 0.3 is 13.3 Å². The molecule has 0 amide bonds. The zero-order chi connectivity index (χ0) is 21.0. The van der Waals surface area contributed by atoms with Crippen LogP contribution in [0.3, 0.4) is 0 Å². The Hall–Kier alpha value is -2.38. The van der Waals surface area contributed by atoms with Gasteiger partial charge in [-0.1, -0.05) is 36.4 Å². The van der Waals surface area contributed by atoms with Crippen LogP contribution in [0, 0.1) is 0 Å². The Labute approximate surface area is 168 Å². The summed E-state index contributed by atoms with van der Waals surface area (Å²) in [6.45, 7) is 7.91. The van der Waals surface area contributed by atoms with E-state index in [4.69, 9.17) is 9.31 Å². The molecule has 0 bridgehead atoms. The van der Waals surface area contributed by atoms with Crippen molar-refractivity contribution < 1.29 is 22.5 Å². The monoisotopic (exact) mass is 399 g/mol. The van der Waals surface area contributed by atoms with Crippen LogP contribution in [0.4, 0.5) is 13.2 Å². The fourth-order valence-corrected chi connectivity index (χ4v) is 3.49. The van der Waals surface area contributed by atoms with Crippen LogP contribution in [0.15, 0.2) is 54.7 Å². The molecule has 0 spiro atoms. The summed E-state index contributed by atoms with van der Waals surface area (Å²) in [5, 5.41) is 0.452. The van der Waals surface area contributed by atoms with Gasteiger partial charge in [0.1, 0.15) is 0 Å². The van der Waals surface area contributed by atoms with Gasteiger partial charge in [-0.3, -0.25) is 4.98 Å². The Bertz CT molecular complexity index is 1060. The van der Waals surface area contributed by atoms with Gasteiger partial charge in [0.25, 0.3) is 0 Å². The zero-order valence-electron chi connectivity index (χ0n) is 16.7. The lowest BCUT2D eigenvalue weighted by atomic mass is 9.78. The number of benzene rings is 2. The highest BCUT2D eigenvalue weighted by Crippen LogP contribution is 2.38. The Kier molecular flexibility index (Phi) is 4.51. The number of hydrogen-bond acceptors (Lipinski definition) is 3. The summed E-state index contributed by atoms with van der Waals surface area (Å²) in [6, 6.07) is 13.4. The first-order valence-electron chi connectivity index (χ1n) is 9.40. The molecule has 150 valence electrons. The molecule has 0 N–H and O–H groups in total. The Morgan fingerprint density at radius 3 is 2.21 bits per heavy atom. The van der Waals surface area contributed by atoms with Crippen LogP contribution >= 0.6 is 0 Å². The van der Waals surface area contributed by atoms with E-state index >= 15 is 0 Å².